The van der Waals surface area contributed by atoms with E-state index < -0.39 is 17.5 Å². The molecule has 3 heterocycles. The lowest BCUT2D eigenvalue weighted by molar-refractivity contribution is -0.0233. The summed E-state index contributed by atoms with van der Waals surface area (Å²) >= 11 is 1.48. The Bertz CT molecular complexity index is 788. The highest BCUT2D eigenvalue weighted by molar-refractivity contribution is 7.09. The predicted molar refractivity (Wildman–Crippen MR) is 89.6 cm³/mol. The Morgan fingerprint density at radius 2 is 2.16 bits per heavy atom. The second-order valence-corrected chi connectivity index (χ2v) is 7.81. The number of ether oxygens (including phenoxy) is 1. The maximum Gasteiger partial charge on any atom is 0.275 e. The minimum absolute atomic E-state index is 0.0694. The third-order valence-electron chi connectivity index (χ3n) is 3.93. The van der Waals surface area contributed by atoms with Gasteiger partial charge in [-0.05, 0) is 0 Å². The van der Waals surface area contributed by atoms with Crippen molar-refractivity contribution in [3.63, 3.8) is 0 Å². The van der Waals surface area contributed by atoms with Crippen molar-refractivity contribution >= 4 is 17.2 Å². The Kier molecular flexibility index (Phi) is 4.83. The summed E-state index contributed by atoms with van der Waals surface area (Å²) in [5.41, 5.74) is 0.516. The molecule has 1 fully saturated rings. The summed E-state index contributed by atoms with van der Waals surface area (Å²) in [5, 5.41) is 2.77. The first-order valence-corrected chi connectivity index (χ1v) is 8.81. The van der Waals surface area contributed by atoms with Gasteiger partial charge in [0.25, 0.3) is 5.91 Å². The lowest BCUT2D eigenvalue weighted by Crippen LogP contribution is -2.42. The zero-order valence-electron chi connectivity index (χ0n) is 14.3. The zero-order valence-corrected chi connectivity index (χ0v) is 15.1. The summed E-state index contributed by atoms with van der Waals surface area (Å²) in [7, 11) is 0. The molecule has 134 valence electrons. The van der Waals surface area contributed by atoms with Crippen molar-refractivity contribution in [2.75, 3.05) is 19.7 Å². The molecule has 1 aliphatic rings. The third kappa shape index (κ3) is 3.85. The molecule has 3 rings (SSSR count). The van der Waals surface area contributed by atoms with Crippen molar-refractivity contribution < 1.29 is 18.3 Å². The summed E-state index contributed by atoms with van der Waals surface area (Å²) in [6.07, 6.45) is 0.479. The van der Waals surface area contributed by atoms with Crippen LogP contribution in [-0.4, -0.2) is 40.5 Å². The highest BCUT2D eigenvalue weighted by Crippen LogP contribution is 2.30. The van der Waals surface area contributed by atoms with Gasteiger partial charge in [0, 0.05) is 23.4 Å². The Labute approximate surface area is 148 Å². The van der Waals surface area contributed by atoms with Gasteiger partial charge in [-0.1, -0.05) is 20.8 Å². The average molecular weight is 367 g/mol. The van der Waals surface area contributed by atoms with E-state index in [-0.39, 0.29) is 23.8 Å². The van der Waals surface area contributed by atoms with Gasteiger partial charge in [-0.15, -0.1) is 11.3 Å². The number of amides is 1. The number of rotatable bonds is 2. The first-order valence-electron chi connectivity index (χ1n) is 7.93. The number of halogens is 2. The lowest BCUT2D eigenvalue weighted by atomic mass is 9.93. The van der Waals surface area contributed by atoms with Crippen LogP contribution in [0.2, 0.25) is 0 Å². The van der Waals surface area contributed by atoms with E-state index in [2.05, 4.69) is 30.7 Å². The maximum absolute atomic E-state index is 13.8. The van der Waals surface area contributed by atoms with Crippen molar-refractivity contribution in [1.29, 1.82) is 0 Å². The molecule has 1 aliphatic heterocycles. The van der Waals surface area contributed by atoms with Gasteiger partial charge >= 0.3 is 0 Å². The van der Waals surface area contributed by atoms with E-state index in [0.717, 1.165) is 16.9 Å². The standard InChI is InChI=1S/C17H19F2N3O2S/c1-17(2,3)13-9-25-15(21-13)12-8-22(4-5-24-12)16(23)14-11(19)6-10(18)7-20-14/h6-7,9,12H,4-5,8H2,1-3H3. The molecule has 5 nitrogen and oxygen atoms in total. The van der Waals surface area contributed by atoms with Crippen molar-refractivity contribution in [3.8, 4) is 0 Å². The highest BCUT2D eigenvalue weighted by atomic mass is 32.1. The van der Waals surface area contributed by atoms with Crippen LogP contribution in [0.3, 0.4) is 0 Å². The molecule has 0 N–H and O–H groups in total. The quantitative estimate of drug-likeness (QED) is 0.817. The molecule has 2 aromatic heterocycles. The van der Waals surface area contributed by atoms with Crippen LogP contribution >= 0.6 is 11.3 Å². The van der Waals surface area contributed by atoms with Gasteiger partial charge in [0.2, 0.25) is 0 Å². The van der Waals surface area contributed by atoms with Crippen LogP contribution in [0.4, 0.5) is 8.78 Å². The monoisotopic (exact) mass is 367 g/mol. The van der Waals surface area contributed by atoms with Gasteiger partial charge < -0.3 is 9.64 Å². The number of hydrogen-bond donors (Lipinski definition) is 0. The van der Waals surface area contributed by atoms with Crippen molar-refractivity contribution in [1.82, 2.24) is 14.9 Å². The Morgan fingerprint density at radius 3 is 2.80 bits per heavy atom. The topological polar surface area (TPSA) is 55.3 Å². The smallest absolute Gasteiger partial charge is 0.275 e. The summed E-state index contributed by atoms with van der Waals surface area (Å²) in [6, 6.07) is 0.661. The van der Waals surface area contributed by atoms with E-state index in [9.17, 15) is 13.6 Å². The van der Waals surface area contributed by atoms with E-state index in [1.807, 2.05) is 5.38 Å². The van der Waals surface area contributed by atoms with E-state index in [1.54, 1.807) is 0 Å². The molecular weight excluding hydrogens is 348 g/mol. The second-order valence-electron chi connectivity index (χ2n) is 6.92. The molecule has 0 saturated carbocycles. The van der Waals surface area contributed by atoms with Crippen LogP contribution in [-0.2, 0) is 10.2 Å². The predicted octanol–water partition coefficient (Wildman–Crippen LogP) is 3.33. The minimum atomic E-state index is -0.961. The number of morpholine rings is 1. The highest BCUT2D eigenvalue weighted by Gasteiger charge is 2.30. The van der Waals surface area contributed by atoms with Crippen LogP contribution in [0, 0.1) is 11.6 Å². The van der Waals surface area contributed by atoms with Gasteiger partial charge in [0.1, 0.15) is 16.9 Å². The van der Waals surface area contributed by atoms with E-state index in [1.165, 1.54) is 16.2 Å². The average Bonchev–Trinajstić information content (AvgIpc) is 3.05. The Balaban J connectivity index is 1.77. The second kappa shape index (κ2) is 6.76. The summed E-state index contributed by atoms with van der Waals surface area (Å²) in [5.74, 6) is -2.35. The molecule has 0 aliphatic carbocycles. The van der Waals surface area contributed by atoms with Gasteiger partial charge in [-0.25, -0.2) is 18.7 Å². The summed E-state index contributed by atoms with van der Waals surface area (Å²) < 4.78 is 32.5. The molecule has 0 aromatic carbocycles. The number of hydrogen-bond acceptors (Lipinski definition) is 5. The number of carbonyl (C=O) groups is 1. The summed E-state index contributed by atoms with van der Waals surface area (Å²) in [4.78, 5) is 22.2. The maximum atomic E-state index is 13.8. The molecule has 25 heavy (non-hydrogen) atoms. The summed E-state index contributed by atoms with van der Waals surface area (Å²) in [6.45, 7) is 7.13. The van der Waals surface area contributed by atoms with Crippen LogP contribution in [0.1, 0.15) is 48.1 Å². The number of pyridine rings is 1. The normalized spacial score (nSPS) is 18.4. The van der Waals surface area contributed by atoms with Crippen LogP contribution in [0.25, 0.3) is 0 Å². The fraction of sp³-hybridized carbons (Fsp3) is 0.471. The van der Waals surface area contributed by atoms with E-state index >= 15 is 0 Å². The lowest BCUT2D eigenvalue weighted by Gasteiger charge is -2.31. The van der Waals surface area contributed by atoms with E-state index in [4.69, 9.17) is 4.74 Å². The van der Waals surface area contributed by atoms with Crippen molar-refractivity contribution in [3.05, 3.63) is 45.7 Å². The number of aromatic nitrogens is 2. The molecule has 0 spiro atoms. The van der Waals surface area contributed by atoms with Crippen LogP contribution in [0.5, 0.6) is 0 Å². The fourth-order valence-electron chi connectivity index (χ4n) is 2.48. The van der Waals surface area contributed by atoms with Gasteiger partial charge in [-0.3, -0.25) is 4.79 Å². The molecule has 0 bridgehead atoms. The SMILES string of the molecule is CC(C)(C)c1csc(C2CN(C(=O)c3ncc(F)cc3F)CCO2)n1. The van der Waals surface area contributed by atoms with Gasteiger partial charge in [0.15, 0.2) is 11.5 Å². The molecule has 1 saturated heterocycles. The number of nitrogens with zero attached hydrogens (tertiary/aromatic N) is 3. The van der Waals surface area contributed by atoms with Crippen LogP contribution in [0.15, 0.2) is 17.6 Å². The first-order chi connectivity index (χ1) is 11.8. The first kappa shape index (κ1) is 17.9. The fourth-order valence-corrected chi connectivity index (χ4v) is 3.57. The third-order valence-corrected chi connectivity index (χ3v) is 4.87. The molecular formula is C17H19F2N3O2S. The molecule has 1 amide bonds. The Morgan fingerprint density at radius 1 is 1.40 bits per heavy atom. The molecule has 8 heteroatoms. The van der Waals surface area contributed by atoms with E-state index in [0.29, 0.717) is 19.2 Å². The zero-order chi connectivity index (χ0) is 18.2. The van der Waals surface area contributed by atoms with Crippen molar-refractivity contribution in [2.24, 2.45) is 0 Å². The van der Waals surface area contributed by atoms with Crippen molar-refractivity contribution in [2.45, 2.75) is 32.3 Å². The van der Waals surface area contributed by atoms with Crippen LogP contribution < -0.4 is 0 Å². The molecule has 1 unspecified atom stereocenters. The molecule has 2 aromatic rings. The molecule has 1 atom stereocenters. The number of carbonyl (C=O) groups excluding carboxylic acids is 1. The van der Waals surface area contributed by atoms with Gasteiger partial charge in [0.05, 0.1) is 25.0 Å². The van der Waals surface area contributed by atoms with Gasteiger partial charge in [-0.2, -0.15) is 0 Å². The number of thiazole rings is 1. The minimum Gasteiger partial charge on any atom is -0.367 e. The Hall–Kier alpha value is -1.93. The largest absolute Gasteiger partial charge is 0.367 e. The molecule has 0 radical (unpaired) electrons.